The van der Waals surface area contributed by atoms with Crippen molar-refractivity contribution < 1.29 is 37.7 Å². The lowest BCUT2D eigenvalue weighted by Gasteiger charge is -2.27. The van der Waals surface area contributed by atoms with Gasteiger partial charge in [0.2, 0.25) is 5.91 Å². The van der Waals surface area contributed by atoms with Crippen molar-refractivity contribution in [3.63, 3.8) is 0 Å². The molecule has 0 spiro atoms. The van der Waals surface area contributed by atoms with Gasteiger partial charge in [0, 0.05) is 29.8 Å². The molecule has 0 unspecified atom stereocenters. The van der Waals surface area contributed by atoms with E-state index in [1.165, 1.54) is 42.5 Å². The van der Waals surface area contributed by atoms with Crippen molar-refractivity contribution in [3.8, 4) is 11.5 Å². The summed E-state index contributed by atoms with van der Waals surface area (Å²) in [5.41, 5.74) is 4.97. The van der Waals surface area contributed by atoms with Crippen molar-refractivity contribution in [2.75, 3.05) is 24.5 Å². The fourth-order valence-corrected chi connectivity index (χ4v) is 3.94. The predicted molar refractivity (Wildman–Crippen MR) is 135 cm³/mol. The van der Waals surface area contributed by atoms with E-state index in [4.69, 9.17) is 21.0 Å². The predicted octanol–water partition coefficient (Wildman–Crippen LogP) is 3.74. The second-order valence-corrected chi connectivity index (χ2v) is 8.73. The van der Waals surface area contributed by atoms with Gasteiger partial charge in [0.25, 0.3) is 0 Å². The standard InChI is InChI=1S/C26H29F3N4O5/c27-26(28,29)20-15-18(4-6-22(20)38-19-9-11-32-12-10-19)33(23(35)7-8-24(36)37)13-1-2-16-14-17(25(30)31)3-5-21(16)34/h1-6,14-15,19,32,34H,7-13H2,(H3,30,31)(H,36,37)/b2-1+. The summed E-state index contributed by atoms with van der Waals surface area (Å²) in [6, 6.07) is 7.54. The molecule has 2 aromatic carbocycles. The molecule has 38 heavy (non-hydrogen) atoms. The Bertz CT molecular complexity index is 1210. The molecule has 0 aromatic heterocycles. The molecule has 0 aliphatic carbocycles. The minimum Gasteiger partial charge on any atom is -0.507 e. The van der Waals surface area contributed by atoms with E-state index in [0.29, 0.717) is 31.5 Å². The normalized spacial score (nSPS) is 14.4. The monoisotopic (exact) mass is 534 g/mol. The van der Waals surface area contributed by atoms with E-state index < -0.39 is 36.5 Å². The van der Waals surface area contributed by atoms with Gasteiger partial charge in [-0.15, -0.1) is 0 Å². The van der Waals surface area contributed by atoms with Crippen LogP contribution in [0.1, 0.15) is 42.4 Å². The molecule has 1 fully saturated rings. The molecule has 1 aliphatic heterocycles. The molecule has 0 atom stereocenters. The van der Waals surface area contributed by atoms with E-state index in [-0.39, 0.29) is 41.2 Å². The van der Waals surface area contributed by atoms with E-state index >= 15 is 0 Å². The highest BCUT2D eigenvalue weighted by molar-refractivity contribution is 5.96. The van der Waals surface area contributed by atoms with Gasteiger partial charge < -0.3 is 30.9 Å². The van der Waals surface area contributed by atoms with Crippen LogP contribution in [0.2, 0.25) is 0 Å². The van der Waals surface area contributed by atoms with Crippen molar-refractivity contribution >= 4 is 29.5 Å². The summed E-state index contributed by atoms with van der Waals surface area (Å²) in [4.78, 5) is 24.9. The number of rotatable bonds is 10. The first-order valence-electron chi connectivity index (χ1n) is 11.9. The minimum absolute atomic E-state index is 0.0864. The van der Waals surface area contributed by atoms with E-state index in [1.807, 2.05) is 0 Å². The molecule has 0 bridgehead atoms. The Morgan fingerprint density at radius 2 is 1.87 bits per heavy atom. The molecule has 6 N–H and O–H groups in total. The first kappa shape index (κ1) is 28.5. The van der Waals surface area contributed by atoms with Crippen molar-refractivity contribution in [3.05, 3.63) is 59.2 Å². The van der Waals surface area contributed by atoms with Gasteiger partial charge in [0.15, 0.2) is 0 Å². The molecule has 0 radical (unpaired) electrons. The van der Waals surface area contributed by atoms with Crippen LogP contribution in [0.25, 0.3) is 6.08 Å². The number of aromatic hydroxyl groups is 1. The zero-order chi connectivity index (χ0) is 27.9. The summed E-state index contributed by atoms with van der Waals surface area (Å²) in [5, 5.41) is 29.7. The fraction of sp³-hybridized carbons (Fsp3) is 0.346. The molecular formula is C26H29F3N4O5. The Morgan fingerprint density at radius 3 is 2.50 bits per heavy atom. The summed E-state index contributed by atoms with van der Waals surface area (Å²) < 4.78 is 47.6. The number of phenols is 1. The Kier molecular flexibility index (Phi) is 9.35. The van der Waals surface area contributed by atoms with Crippen molar-refractivity contribution in [1.29, 1.82) is 5.41 Å². The maximum absolute atomic E-state index is 14.0. The maximum atomic E-state index is 14.0. The van der Waals surface area contributed by atoms with Crippen LogP contribution in [0, 0.1) is 5.41 Å². The zero-order valence-electron chi connectivity index (χ0n) is 20.4. The number of carbonyl (C=O) groups is 2. The molecular weight excluding hydrogens is 505 g/mol. The first-order valence-corrected chi connectivity index (χ1v) is 11.9. The Morgan fingerprint density at radius 1 is 1.16 bits per heavy atom. The second kappa shape index (κ2) is 12.5. The number of hydrogen-bond acceptors (Lipinski definition) is 6. The summed E-state index contributed by atoms with van der Waals surface area (Å²) in [7, 11) is 0. The van der Waals surface area contributed by atoms with Gasteiger partial charge in [-0.2, -0.15) is 13.2 Å². The molecule has 2 aromatic rings. The van der Waals surface area contributed by atoms with Gasteiger partial charge in [0.05, 0.1) is 12.0 Å². The largest absolute Gasteiger partial charge is 0.507 e. The van der Waals surface area contributed by atoms with Gasteiger partial charge in [0.1, 0.15) is 23.4 Å². The summed E-state index contributed by atoms with van der Waals surface area (Å²) in [6.07, 6.45) is -2.08. The Balaban J connectivity index is 1.92. The average Bonchev–Trinajstić information content (AvgIpc) is 2.86. The summed E-state index contributed by atoms with van der Waals surface area (Å²) in [5.74, 6) is -2.61. The number of nitrogens with two attached hydrogens (primary N) is 1. The van der Waals surface area contributed by atoms with Crippen molar-refractivity contribution in [1.82, 2.24) is 5.32 Å². The second-order valence-electron chi connectivity index (χ2n) is 8.73. The highest BCUT2D eigenvalue weighted by atomic mass is 19.4. The molecule has 12 heteroatoms. The third kappa shape index (κ3) is 7.72. The van der Waals surface area contributed by atoms with E-state index in [2.05, 4.69) is 5.32 Å². The molecule has 9 nitrogen and oxygen atoms in total. The van der Waals surface area contributed by atoms with Crippen LogP contribution in [0.4, 0.5) is 18.9 Å². The SMILES string of the molecule is N=C(N)c1ccc(O)c(/C=C/CN(C(=O)CCC(=O)O)c2ccc(OC3CCNCC3)c(C(F)(F)F)c2)c1. The number of carbonyl (C=O) groups excluding carboxylic acids is 1. The van der Waals surface area contributed by atoms with Crippen molar-refractivity contribution in [2.45, 2.75) is 38.0 Å². The number of nitrogens with one attached hydrogen (secondary N) is 2. The van der Waals surface area contributed by atoms with Gasteiger partial charge in [-0.05, 0) is 62.3 Å². The zero-order valence-corrected chi connectivity index (χ0v) is 20.4. The summed E-state index contributed by atoms with van der Waals surface area (Å²) in [6.45, 7) is 1.05. The van der Waals surface area contributed by atoms with E-state index in [1.54, 1.807) is 0 Å². The van der Waals surface area contributed by atoms with Gasteiger partial charge in [-0.25, -0.2) is 0 Å². The van der Waals surface area contributed by atoms with Crippen LogP contribution in [0.3, 0.4) is 0 Å². The molecule has 0 saturated carbocycles. The van der Waals surface area contributed by atoms with Crippen molar-refractivity contribution in [2.24, 2.45) is 5.73 Å². The first-order chi connectivity index (χ1) is 18.0. The lowest BCUT2D eigenvalue weighted by atomic mass is 10.1. The molecule has 1 amide bonds. The number of alkyl halides is 3. The molecule has 1 heterocycles. The number of nitrogen functional groups attached to an aromatic ring is 1. The van der Waals surface area contributed by atoms with Crippen LogP contribution in [-0.2, 0) is 15.8 Å². The maximum Gasteiger partial charge on any atom is 0.420 e. The van der Waals surface area contributed by atoms with Crippen LogP contribution in [-0.4, -0.2) is 53.7 Å². The van der Waals surface area contributed by atoms with E-state index in [9.17, 15) is 27.9 Å². The molecule has 204 valence electrons. The van der Waals surface area contributed by atoms with Gasteiger partial charge in [-0.1, -0.05) is 12.2 Å². The fourth-order valence-electron chi connectivity index (χ4n) is 3.94. The molecule has 1 saturated heterocycles. The lowest BCUT2D eigenvalue weighted by Crippen LogP contribution is -2.34. The van der Waals surface area contributed by atoms with Crippen LogP contribution >= 0.6 is 0 Å². The Labute approximate surface area is 217 Å². The number of aliphatic carboxylic acids is 1. The minimum atomic E-state index is -4.76. The smallest absolute Gasteiger partial charge is 0.420 e. The number of carboxylic acid groups (broad SMARTS) is 1. The average molecular weight is 535 g/mol. The number of benzene rings is 2. The number of phenolic OH excluding ortho intramolecular Hbond substituents is 1. The number of anilines is 1. The quantitative estimate of drug-likeness (QED) is 0.230. The van der Waals surface area contributed by atoms with E-state index in [0.717, 1.165) is 11.0 Å². The van der Waals surface area contributed by atoms with Gasteiger partial charge >= 0.3 is 12.1 Å². The van der Waals surface area contributed by atoms with Crippen LogP contribution in [0.5, 0.6) is 11.5 Å². The number of halogens is 3. The van der Waals surface area contributed by atoms with Crippen LogP contribution < -0.4 is 20.7 Å². The van der Waals surface area contributed by atoms with Gasteiger partial charge in [-0.3, -0.25) is 15.0 Å². The third-order valence-corrected chi connectivity index (χ3v) is 5.94. The number of ether oxygens (including phenoxy) is 1. The number of nitrogens with zero attached hydrogens (tertiary/aromatic N) is 1. The highest BCUT2D eigenvalue weighted by Crippen LogP contribution is 2.39. The number of amides is 1. The molecule has 1 aliphatic rings. The topological polar surface area (TPSA) is 149 Å². The Hall–Kier alpha value is -4.06. The highest BCUT2D eigenvalue weighted by Gasteiger charge is 2.36. The number of hydrogen-bond donors (Lipinski definition) is 5. The lowest BCUT2D eigenvalue weighted by molar-refractivity contribution is -0.139. The molecule has 3 rings (SSSR count). The van der Waals surface area contributed by atoms with Crippen LogP contribution in [0.15, 0.2) is 42.5 Å². The number of amidine groups is 1. The number of piperidine rings is 1. The number of carboxylic acids is 1. The third-order valence-electron chi connectivity index (χ3n) is 5.94. The summed E-state index contributed by atoms with van der Waals surface area (Å²) >= 11 is 0.